The van der Waals surface area contributed by atoms with E-state index in [1.807, 2.05) is 24.3 Å². The van der Waals surface area contributed by atoms with Gasteiger partial charge in [0.15, 0.2) is 0 Å². The summed E-state index contributed by atoms with van der Waals surface area (Å²) in [6.45, 7) is 11.5. The molecule has 108 valence electrons. The molecule has 0 N–H and O–H groups in total. The average molecular weight is 294 g/mol. The fourth-order valence-electron chi connectivity index (χ4n) is 2.43. The van der Waals surface area contributed by atoms with Crippen molar-refractivity contribution in [1.29, 1.82) is 5.26 Å². The maximum absolute atomic E-state index is 8.88. The summed E-state index contributed by atoms with van der Waals surface area (Å²) in [7, 11) is -1.38. The van der Waals surface area contributed by atoms with Gasteiger partial charge in [0.1, 0.15) is 0 Å². The molecule has 1 aromatic carbocycles. The first-order valence-corrected chi connectivity index (χ1v) is 10.8. The molecular formula is C18H22N2Si. The van der Waals surface area contributed by atoms with Gasteiger partial charge in [0.25, 0.3) is 0 Å². The number of hydrogen-bond acceptors (Lipinski definition) is 2. The second-order valence-corrected chi connectivity index (χ2v) is 11.8. The van der Waals surface area contributed by atoms with E-state index in [2.05, 4.69) is 51.7 Å². The summed E-state index contributed by atoms with van der Waals surface area (Å²) in [6, 6.07) is 14.1. The maximum Gasteiger partial charge on any atom is 0.0991 e. The lowest BCUT2D eigenvalue weighted by Gasteiger charge is -2.23. The highest BCUT2D eigenvalue weighted by molar-refractivity contribution is 6.89. The molecule has 0 saturated heterocycles. The van der Waals surface area contributed by atoms with Crippen molar-refractivity contribution in [3.8, 4) is 17.3 Å². The number of pyridine rings is 1. The molecule has 21 heavy (non-hydrogen) atoms. The topological polar surface area (TPSA) is 36.7 Å². The monoisotopic (exact) mass is 294 g/mol. The third kappa shape index (κ3) is 3.40. The molecule has 3 heteroatoms. The van der Waals surface area contributed by atoms with Crippen LogP contribution in [0.1, 0.15) is 31.0 Å². The molecule has 1 heterocycles. The summed E-state index contributed by atoms with van der Waals surface area (Å²) >= 11 is 0. The molecule has 0 saturated carbocycles. The predicted molar refractivity (Wildman–Crippen MR) is 91.5 cm³/mol. The second-order valence-electron chi connectivity index (χ2n) is 6.72. The first-order valence-electron chi connectivity index (χ1n) is 7.35. The van der Waals surface area contributed by atoms with Crippen molar-refractivity contribution >= 4 is 13.3 Å². The molecule has 2 aromatic rings. The van der Waals surface area contributed by atoms with Crippen molar-refractivity contribution in [3.05, 3.63) is 47.7 Å². The van der Waals surface area contributed by atoms with Gasteiger partial charge in [-0.05, 0) is 29.3 Å². The van der Waals surface area contributed by atoms with Crippen molar-refractivity contribution in [3.63, 3.8) is 0 Å². The minimum atomic E-state index is -1.38. The van der Waals surface area contributed by atoms with Crippen LogP contribution >= 0.6 is 0 Å². The molecule has 0 spiro atoms. The van der Waals surface area contributed by atoms with E-state index in [1.54, 1.807) is 0 Å². The number of rotatable bonds is 3. The normalized spacial score (nSPS) is 11.5. The van der Waals surface area contributed by atoms with Gasteiger partial charge in [-0.25, -0.2) is 0 Å². The number of hydrogen-bond donors (Lipinski definition) is 0. The van der Waals surface area contributed by atoms with Crippen LogP contribution in [-0.2, 0) is 0 Å². The Labute approximate surface area is 128 Å². The van der Waals surface area contributed by atoms with Crippen LogP contribution in [0.15, 0.2) is 36.4 Å². The minimum absolute atomic E-state index is 0.421. The number of nitriles is 1. The molecule has 0 unspecified atom stereocenters. The van der Waals surface area contributed by atoms with Crippen molar-refractivity contribution in [1.82, 2.24) is 4.98 Å². The highest BCUT2D eigenvalue weighted by Gasteiger charge is 2.23. The van der Waals surface area contributed by atoms with Gasteiger partial charge >= 0.3 is 0 Å². The maximum atomic E-state index is 8.88. The van der Waals surface area contributed by atoms with E-state index in [4.69, 9.17) is 10.2 Å². The molecule has 0 bridgehead atoms. The van der Waals surface area contributed by atoms with Crippen molar-refractivity contribution < 1.29 is 0 Å². The van der Waals surface area contributed by atoms with Crippen LogP contribution in [0.3, 0.4) is 0 Å². The van der Waals surface area contributed by atoms with Gasteiger partial charge in [0.05, 0.1) is 25.4 Å². The number of nitrogens with zero attached hydrogens (tertiary/aromatic N) is 2. The first-order chi connectivity index (χ1) is 9.82. The van der Waals surface area contributed by atoms with Gasteiger partial charge in [0.2, 0.25) is 0 Å². The van der Waals surface area contributed by atoms with Crippen LogP contribution in [0, 0.1) is 11.3 Å². The van der Waals surface area contributed by atoms with E-state index in [0.29, 0.717) is 11.5 Å². The minimum Gasteiger partial charge on any atom is -0.253 e. The number of aromatic nitrogens is 1. The van der Waals surface area contributed by atoms with Crippen LogP contribution in [0.2, 0.25) is 19.6 Å². The highest BCUT2D eigenvalue weighted by Crippen LogP contribution is 2.21. The van der Waals surface area contributed by atoms with Crippen LogP contribution in [0.25, 0.3) is 11.3 Å². The van der Waals surface area contributed by atoms with Gasteiger partial charge in [-0.15, -0.1) is 0 Å². The van der Waals surface area contributed by atoms with Gasteiger partial charge in [0, 0.05) is 11.3 Å². The van der Waals surface area contributed by atoms with Gasteiger partial charge < -0.3 is 0 Å². The molecule has 0 aliphatic rings. The Bertz CT molecular complexity index is 674. The largest absolute Gasteiger partial charge is 0.253 e. The molecule has 1 aromatic heterocycles. The molecular weight excluding hydrogens is 272 g/mol. The lowest BCUT2D eigenvalue weighted by Crippen LogP contribution is -2.41. The van der Waals surface area contributed by atoms with Crippen molar-refractivity contribution in [2.45, 2.75) is 39.4 Å². The summed E-state index contributed by atoms with van der Waals surface area (Å²) in [4.78, 5) is 4.92. The van der Waals surface area contributed by atoms with Gasteiger partial charge in [-0.1, -0.05) is 51.7 Å². The molecule has 0 fully saturated rings. The van der Waals surface area contributed by atoms with Crippen molar-refractivity contribution in [2.75, 3.05) is 0 Å². The Balaban J connectivity index is 2.51. The van der Waals surface area contributed by atoms with E-state index < -0.39 is 8.07 Å². The molecule has 0 amide bonds. The first kappa shape index (κ1) is 15.5. The smallest absolute Gasteiger partial charge is 0.0991 e. The van der Waals surface area contributed by atoms with Crippen LogP contribution in [0.4, 0.5) is 0 Å². The quantitative estimate of drug-likeness (QED) is 0.792. The summed E-state index contributed by atoms with van der Waals surface area (Å²) in [5.74, 6) is 0.421. The average Bonchev–Trinajstić information content (AvgIpc) is 2.45. The zero-order valence-corrected chi connectivity index (χ0v) is 14.4. The summed E-state index contributed by atoms with van der Waals surface area (Å²) in [5, 5.41) is 10.3. The van der Waals surface area contributed by atoms with Crippen LogP contribution in [-0.4, -0.2) is 13.1 Å². The fraction of sp³-hybridized carbons (Fsp3) is 0.333. The van der Waals surface area contributed by atoms with E-state index >= 15 is 0 Å². The Morgan fingerprint density at radius 2 is 1.62 bits per heavy atom. The summed E-state index contributed by atoms with van der Waals surface area (Å²) in [6.07, 6.45) is 0. The van der Waals surface area contributed by atoms with Gasteiger partial charge in [-0.3, -0.25) is 4.98 Å². The standard InChI is InChI=1S/C18H22N2Si/c1-13(2)18-17(21(3,4)5)11-10-16(20-18)15-8-6-14(12-19)7-9-15/h6-11,13H,1-5H3. The van der Waals surface area contributed by atoms with E-state index in [9.17, 15) is 0 Å². The second kappa shape index (κ2) is 5.83. The lowest BCUT2D eigenvalue weighted by atomic mass is 10.1. The third-order valence-electron chi connectivity index (χ3n) is 3.59. The lowest BCUT2D eigenvalue weighted by molar-refractivity contribution is 0.831. The summed E-state index contributed by atoms with van der Waals surface area (Å²) in [5.41, 5.74) is 3.96. The van der Waals surface area contributed by atoms with E-state index in [0.717, 1.165) is 11.3 Å². The fourth-order valence-corrected chi connectivity index (χ4v) is 4.12. The predicted octanol–water partition coefficient (Wildman–Crippen LogP) is 4.29. The van der Waals surface area contributed by atoms with Crippen LogP contribution in [0.5, 0.6) is 0 Å². The van der Waals surface area contributed by atoms with Gasteiger partial charge in [-0.2, -0.15) is 5.26 Å². The molecule has 0 aliphatic carbocycles. The Morgan fingerprint density at radius 1 is 1.00 bits per heavy atom. The van der Waals surface area contributed by atoms with Crippen molar-refractivity contribution in [2.24, 2.45) is 0 Å². The number of benzene rings is 1. The van der Waals surface area contributed by atoms with E-state index in [1.165, 1.54) is 10.9 Å². The summed E-state index contributed by atoms with van der Waals surface area (Å²) < 4.78 is 0. The molecule has 2 nitrogen and oxygen atoms in total. The molecule has 0 atom stereocenters. The van der Waals surface area contributed by atoms with Crippen LogP contribution < -0.4 is 5.19 Å². The molecule has 0 radical (unpaired) electrons. The Hall–Kier alpha value is -1.92. The third-order valence-corrected chi connectivity index (χ3v) is 5.63. The van der Waals surface area contributed by atoms with E-state index in [-0.39, 0.29) is 0 Å². The Morgan fingerprint density at radius 3 is 2.10 bits per heavy atom. The zero-order valence-electron chi connectivity index (χ0n) is 13.4. The SMILES string of the molecule is CC(C)c1nc(-c2ccc(C#N)cc2)ccc1[Si](C)(C)C. The molecule has 2 rings (SSSR count). The highest BCUT2D eigenvalue weighted by atomic mass is 28.3. The Kier molecular flexibility index (Phi) is 4.29. The zero-order chi connectivity index (χ0) is 15.6. The molecule has 0 aliphatic heterocycles.